The number of carbonyl (C=O) groups excluding carboxylic acids is 1. The van der Waals surface area contributed by atoms with Gasteiger partial charge < -0.3 is 5.32 Å². The van der Waals surface area contributed by atoms with Gasteiger partial charge in [-0.3, -0.25) is 4.57 Å². The predicted octanol–water partition coefficient (Wildman–Crippen LogP) is 2.41. The molecule has 82 valence electrons. The summed E-state index contributed by atoms with van der Waals surface area (Å²) in [6.45, 7) is 1.61. The largest absolute Gasteiger partial charge is 0.331 e. The summed E-state index contributed by atoms with van der Waals surface area (Å²) in [4.78, 5) is 15.4. The molecule has 0 saturated heterocycles. The second-order valence-electron chi connectivity index (χ2n) is 3.31. The number of amides is 1. The Kier molecular flexibility index (Phi) is 2.68. The van der Waals surface area contributed by atoms with Crippen molar-refractivity contribution in [3.63, 3.8) is 0 Å². The third-order valence-corrected chi connectivity index (χ3v) is 2.25. The Balaban J connectivity index is 2.22. The van der Waals surface area contributed by atoms with E-state index in [1.807, 2.05) is 0 Å². The molecule has 0 saturated carbocycles. The molecule has 5 heteroatoms. The normalized spacial score (nSPS) is 10.1. The predicted molar refractivity (Wildman–Crippen MR) is 57.8 cm³/mol. The van der Waals surface area contributed by atoms with Crippen LogP contribution in [0.1, 0.15) is 5.56 Å². The lowest BCUT2D eigenvalue weighted by Crippen LogP contribution is -2.18. The summed E-state index contributed by atoms with van der Waals surface area (Å²) in [5.74, 6) is -0.344. The number of hydrogen-bond donors (Lipinski definition) is 1. The SMILES string of the molecule is Cc1c(F)cccc1NC(=O)n1ccnc1. The number of aromatic nitrogens is 2. The van der Waals surface area contributed by atoms with Crippen LogP contribution in [0.3, 0.4) is 0 Å². The van der Waals surface area contributed by atoms with Gasteiger partial charge in [-0.25, -0.2) is 14.2 Å². The highest BCUT2D eigenvalue weighted by molar-refractivity contribution is 5.91. The van der Waals surface area contributed by atoms with Gasteiger partial charge >= 0.3 is 6.03 Å². The van der Waals surface area contributed by atoms with Crippen LogP contribution in [0.4, 0.5) is 14.9 Å². The van der Waals surface area contributed by atoms with Gasteiger partial charge in [-0.05, 0) is 19.1 Å². The Hall–Kier alpha value is -2.17. The van der Waals surface area contributed by atoms with Crippen LogP contribution in [0.15, 0.2) is 36.9 Å². The lowest BCUT2D eigenvalue weighted by atomic mass is 10.2. The molecule has 0 aliphatic rings. The van der Waals surface area contributed by atoms with Gasteiger partial charge in [-0.1, -0.05) is 6.07 Å². The molecule has 1 aromatic heterocycles. The average molecular weight is 219 g/mol. The second-order valence-corrected chi connectivity index (χ2v) is 3.31. The van der Waals surface area contributed by atoms with E-state index < -0.39 is 0 Å². The fourth-order valence-corrected chi connectivity index (χ4v) is 1.30. The number of carbonyl (C=O) groups is 1. The van der Waals surface area contributed by atoms with Crippen molar-refractivity contribution in [2.24, 2.45) is 0 Å². The van der Waals surface area contributed by atoms with E-state index in [0.29, 0.717) is 11.3 Å². The quantitative estimate of drug-likeness (QED) is 0.800. The smallest absolute Gasteiger partial charge is 0.307 e. The van der Waals surface area contributed by atoms with Crippen molar-refractivity contribution in [1.29, 1.82) is 0 Å². The van der Waals surface area contributed by atoms with Crippen LogP contribution in [0.5, 0.6) is 0 Å². The first-order chi connectivity index (χ1) is 7.68. The lowest BCUT2D eigenvalue weighted by molar-refractivity contribution is 0.253. The zero-order chi connectivity index (χ0) is 11.5. The molecule has 1 aromatic carbocycles. The van der Waals surface area contributed by atoms with Gasteiger partial charge in [0.05, 0.1) is 0 Å². The van der Waals surface area contributed by atoms with Gasteiger partial charge in [-0.15, -0.1) is 0 Å². The van der Waals surface area contributed by atoms with E-state index in [-0.39, 0.29) is 11.8 Å². The van der Waals surface area contributed by atoms with Gasteiger partial charge in [0.1, 0.15) is 12.1 Å². The van der Waals surface area contributed by atoms with Gasteiger partial charge in [-0.2, -0.15) is 0 Å². The standard InChI is InChI=1S/C11H10FN3O/c1-8-9(12)3-2-4-10(8)14-11(16)15-6-5-13-7-15/h2-7H,1H3,(H,14,16). The summed E-state index contributed by atoms with van der Waals surface area (Å²) < 4.78 is 14.5. The molecule has 4 nitrogen and oxygen atoms in total. The average Bonchev–Trinajstić information content (AvgIpc) is 2.78. The highest BCUT2D eigenvalue weighted by atomic mass is 19.1. The molecule has 0 bridgehead atoms. The van der Waals surface area contributed by atoms with Crippen LogP contribution in [0.2, 0.25) is 0 Å². The molecule has 1 heterocycles. The van der Waals surface area contributed by atoms with Gasteiger partial charge in [0.15, 0.2) is 0 Å². The third-order valence-electron chi connectivity index (χ3n) is 2.25. The number of benzene rings is 1. The molecular weight excluding hydrogens is 209 g/mol. The molecule has 0 radical (unpaired) electrons. The summed E-state index contributed by atoms with van der Waals surface area (Å²) in [5.41, 5.74) is 0.870. The van der Waals surface area contributed by atoms with Crippen LogP contribution < -0.4 is 5.32 Å². The molecule has 16 heavy (non-hydrogen) atoms. The Morgan fingerprint density at radius 3 is 3.00 bits per heavy atom. The molecule has 0 fully saturated rings. The molecule has 0 spiro atoms. The van der Waals surface area contributed by atoms with E-state index in [1.165, 1.54) is 29.4 Å². The Bertz CT molecular complexity index is 508. The first-order valence-electron chi connectivity index (χ1n) is 4.73. The summed E-state index contributed by atoms with van der Waals surface area (Å²) in [6.07, 6.45) is 4.39. The van der Waals surface area contributed by atoms with Crippen molar-refractivity contribution < 1.29 is 9.18 Å². The van der Waals surface area contributed by atoms with Crippen LogP contribution >= 0.6 is 0 Å². The Labute approximate surface area is 91.7 Å². The summed E-state index contributed by atoms with van der Waals surface area (Å²) >= 11 is 0. The monoisotopic (exact) mass is 219 g/mol. The number of nitrogens with one attached hydrogen (secondary N) is 1. The lowest BCUT2D eigenvalue weighted by Gasteiger charge is -2.08. The third kappa shape index (κ3) is 1.93. The van der Waals surface area contributed by atoms with Gasteiger partial charge in [0.2, 0.25) is 0 Å². The first-order valence-corrected chi connectivity index (χ1v) is 4.73. The maximum absolute atomic E-state index is 13.2. The fraction of sp³-hybridized carbons (Fsp3) is 0.0909. The van der Waals surface area contributed by atoms with Gasteiger partial charge in [0, 0.05) is 23.6 Å². The van der Waals surface area contributed by atoms with Crippen LogP contribution in [-0.4, -0.2) is 15.6 Å². The zero-order valence-electron chi connectivity index (χ0n) is 8.64. The zero-order valence-corrected chi connectivity index (χ0v) is 8.64. The number of hydrogen-bond acceptors (Lipinski definition) is 2. The first kappa shape index (κ1) is 10.4. The van der Waals surface area contributed by atoms with E-state index >= 15 is 0 Å². The summed E-state index contributed by atoms with van der Waals surface area (Å²) in [7, 11) is 0. The Morgan fingerprint density at radius 2 is 2.31 bits per heavy atom. The molecule has 0 unspecified atom stereocenters. The molecule has 0 aliphatic carbocycles. The van der Waals surface area contributed by atoms with Crippen molar-refractivity contribution >= 4 is 11.7 Å². The Morgan fingerprint density at radius 1 is 1.50 bits per heavy atom. The number of rotatable bonds is 1. The van der Waals surface area contributed by atoms with Crippen molar-refractivity contribution in [3.8, 4) is 0 Å². The minimum Gasteiger partial charge on any atom is -0.307 e. The number of anilines is 1. The van der Waals surface area contributed by atoms with Crippen molar-refractivity contribution in [2.45, 2.75) is 6.92 Å². The van der Waals surface area contributed by atoms with Crippen molar-refractivity contribution in [1.82, 2.24) is 9.55 Å². The summed E-state index contributed by atoms with van der Waals surface area (Å²) in [6, 6.07) is 4.17. The number of imidazole rings is 1. The van der Waals surface area contributed by atoms with E-state index in [1.54, 1.807) is 19.1 Å². The molecule has 0 atom stereocenters. The minimum absolute atomic E-state index is 0.344. The summed E-state index contributed by atoms with van der Waals surface area (Å²) in [5, 5.41) is 2.60. The highest BCUT2D eigenvalue weighted by Crippen LogP contribution is 2.17. The van der Waals surface area contributed by atoms with Crippen LogP contribution in [0.25, 0.3) is 0 Å². The molecule has 1 amide bonds. The maximum Gasteiger partial charge on any atom is 0.331 e. The molecule has 0 aliphatic heterocycles. The fourth-order valence-electron chi connectivity index (χ4n) is 1.30. The number of nitrogens with zero attached hydrogens (tertiary/aromatic N) is 2. The van der Waals surface area contributed by atoms with E-state index in [9.17, 15) is 9.18 Å². The highest BCUT2D eigenvalue weighted by Gasteiger charge is 2.08. The molecule has 2 rings (SSSR count). The van der Waals surface area contributed by atoms with Crippen molar-refractivity contribution in [3.05, 3.63) is 48.3 Å². The topological polar surface area (TPSA) is 46.9 Å². The molecule has 2 aromatic rings. The van der Waals surface area contributed by atoms with Crippen LogP contribution in [0, 0.1) is 12.7 Å². The molecule has 1 N–H and O–H groups in total. The number of halogens is 1. The van der Waals surface area contributed by atoms with E-state index in [4.69, 9.17) is 0 Å². The van der Waals surface area contributed by atoms with Crippen molar-refractivity contribution in [2.75, 3.05) is 5.32 Å². The second kappa shape index (κ2) is 4.14. The van der Waals surface area contributed by atoms with E-state index in [0.717, 1.165) is 0 Å². The molecular formula is C11H10FN3O. The van der Waals surface area contributed by atoms with E-state index in [2.05, 4.69) is 10.3 Å². The maximum atomic E-state index is 13.2. The van der Waals surface area contributed by atoms with Crippen LogP contribution in [-0.2, 0) is 0 Å². The minimum atomic E-state index is -0.369. The van der Waals surface area contributed by atoms with Gasteiger partial charge in [0.25, 0.3) is 0 Å².